The van der Waals surface area contributed by atoms with E-state index in [2.05, 4.69) is 242 Å². The van der Waals surface area contributed by atoms with Crippen molar-refractivity contribution >= 4 is 71.3 Å². The number of furan rings is 1. The predicted molar refractivity (Wildman–Crippen MR) is 281 cm³/mol. The van der Waals surface area contributed by atoms with E-state index in [-0.39, 0.29) is 0 Å². The first kappa shape index (κ1) is 39.2. The van der Waals surface area contributed by atoms with Crippen molar-refractivity contribution in [1.29, 1.82) is 0 Å². The molecule has 12 rings (SSSR count). The maximum atomic E-state index is 6.83. The number of nitrogens with zero attached hydrogens (tertiary/aromatic N) is 1. The molecule has 1 heterocycles. The number of para-hydroxylation sites is 2. The molecule has 0 aliphatic rings. The lowest BCUT2D eigenvalue weighted by Crippen LogP contribution is -2.11. The molecule has 0 N–H and O–H groups in total. The first-order chi connectivity index (χ1) is 32.6. The lowest BCUT2D eigenvalue weighted by atomic mass is 9.93. The third-order valence-electron chi connectivity index (χ3n) is 13.2. The van der Waals surface area contributed by atoms with Gasteiger partial charge in [0.1, 0.15) is 11.2 Å². The summed E-state index contributed by atoms with van der Waals surface area (Å²) >= 11 is 0. The summed E-state index contributed by atoms with van der Waals surface area (Å²) < 4.78 is 6.83. The Balaban J connectivity index is 0.983. The van der Waals surface area contributed by atoms with Gasteiger partial charge in [-0.15, -0.1) is 6.58 Å². The Bertz CT molecular complexity index is 3780. The van der Waals surface area contributed by atoms with Crippen LogP contribution in [0.4, 0.5) is 17.1 Å². The van der Waals surface area contributed by atoms with Gasteiger partial charge in [0.25, 0.3) is 0 Å². The summed E-state index contributed by atoms with van der Waals surface area (Å²) in [5.41, 5.74) is 15.6. The third-order valence-corrected chi connectivity index (χ3v) is 13.2. The predicted octanol–water partition coefficient (Wildman–Crippen LogP) is 18.3. The summed E-state index contributed by atoms with van der Waals surface area (Å²) in [4.78, 5) is 2.39. The molecular formula is C64H45NO. The Labute approximate surface area is 385 Å². The standard InChI is InChI=1S/C64H45NO/c1-2-3-14-54-39-48-17-6-7-18-50(48)40-60(54)45-31-35-56(36-32-45)65(55-33-29-44(30-34-55)47-21-12-22-49(37-47)53-28-27-43-15-4-5-16-46(43)38-53)62-26-11-10-23-57(62)58-24-13-25-59-61-41-51-19-8-9-20-52(51)42-63(61)66-64(58)59/h2,4-13,15-42H,1,3,14H2. The lowest BCUT2D eigenvalue weighted by Gasteiger charge is -2.28. The van der Waals surface area contributed by atoms with E-state index < -0.39 is 0 Å². The SMILES string of the molecule is C=CCCc1cc2ccccc2cc1-c1ccc(N(c2ccc(-c3cccc(-c4ccc5ccccc5c4)c3)cc2)c2ccccc2-c2cccc3c2oc2cc4ccccc4cc23)cc1. The Kier molecular flexibility index (Phi) is 9.84. The van der Waals surface area contributed by atoms with E-state index >= 15 is 0 Å². The number of rotatable bonds is 10. The fraction of sp³-hybridized carbons (Fsp3) is 0.0312. The molecule has 0 saturated carbocycles. The zero-order chi connectivity index (χ0) is 44.0. The highest BCUT2D eigenvalue weighted by Gasteiger charge is 2.21. The van der Waals surface area contributed by atoms with Gasteiger partial charge in [0.15, 0.2) is 0 Å². The van der Waals surface area contributed by atoms with Gasteiger partial charge in [-0.1, -0.05) is 176 Å². The van der Waals surface area contributed by atoms with Gasteiger partial charge >= 0.3 is 0 Å². The van der Waals surface area contributed by atoms with Crippen LogP contribution in [-0.4, -0.2) is 0 Å². The number of allylic oxidation sites excluding steroid dienone is 1. The molecule has 66 heavy (non-hydrogen) atoms. The minimum atomic E-state index is 0.885. The van der Waals surface area contributed by atoms with Crippen LogP contribution in [0.25, 0.3) is 98.8 Å². The molecule has 0 unspecified atom stereocenters. The van der Waals surface area contributed by atoms with Crippen LogP contribution in [0.5, 0.6) is 0 Å². The highest BCUT2D eigenvalue weighted by atomic mass is 16.3. The molecule has 2 nitrogen and oxygen atoms in total. The van der Waals surface area contributed by atoms with Crippen molar-refractivity contribution in [1.82, 2.24) is 0 Å². The fourth-order valence-corrected chi connectivity index (χ4v) is 9.88. The van der Waals surface area contributed by atoms with E-state index in [1.165, 1.54) is 65.7 Å². The van der Waals surface area contributed by atoms with Gasteiger partial charge in [0.2, 0.25) is 0 Å². The van der Waals surface area contributed by atoms with Crippen LogP contribution in [-0.2, 0) is 6.42 Å². The average molecular weight is 844 g/mol. The lowest BCUT2D eigenvalue weighted by molar-refractivity contribution is 0.670. The maximum absolute atomic E-state index is 6.83. The minimum Gasteiger partial charge on any atom is -0.455 e. The van der Waals surface area contributed by atoms with Gasteiger partial charge in [0, 0.05) is 33.3 Å². The number of aryl methyl sites for hydroxylation is 1. The van der Waals surface area contributed by atoms with E-state index in [1.807, 2.05) is 6.08 Å². The van der Waals surface area contributed by atoms with Crippen molar-refractivity contribution in [3.63, 3.8) is 0 Å². The second-order valence-corrected chi connectivity index (χ2v) is 17.3. The molecule has 0 saturated heterocycles. The van der Waals surface area contributed by atoms with Crippen LogP contribution < -0.4 is 4.90 Å². The molecule has 0 atom stereocenters. The van der Waals surface area contributed by atoms with Gasteiger partial charge < -0.3 is 9.32 Å². The van der Waals surface area contributed by atoms with E-state index in [0.717, 1.165) is 68.5 Å². The van der Waals surface area contributed by atoms with Crippen molar-refractivity contribution in [2.45, 2.75) is 12.8 Å². The Morgan fingerprint density at radius 3 is 1.65 bits per heavy atom. The molecule has 0 amide bonds. The van der Waals surface area contributed by atoms with E-state index in [0.29, 0.717) is 0 Å². The molecular weight excluding hydrogens is 799 g/mol. The summed E-state index contributed by atoms with van der Waals surface area (Å²) in [6, 6.07) is 83.8. The van der Waals surface area contributed by atoms with Gasteiger partial charge in [-0.25, -0.2) is 0 Å². The summed E-state index contributed by atoms with van der Waals surface area (Å²) in [5, 5.41) is 9.59. The third kappa shape index (κ3) is 7.10. The molecule has 0 aliphatic carbocycles. The number of benzene rings is 11. The van der Waals surface area contributed by atoms with E-state index in [1.54, 1.807) is 0 Å². The topological polar surface area (TPSA) is 16.4 Å². The van der Waals surface area contributed by atoms with Crippen molar-refractivity contribution in [3.8, 4) is 44.5 Å². The summed E-state index contributed by atoms with van der Waals surface area (Å²) in [6.07, 6.45) is 3.87. The zero-order valence-electron chi connectivity index (χ0n) is 36.5. The van der Waals surface area contributed by atoms with Crippen molar-refractivity contribution in [3.05, 3.63) is 249 Å². The van der Waals surface area contributed by atoms with Crippen LogP contribution in [0.1, 0.15) is 12.0 Å². The number of fused-ring (bicyclic) bond motifs is 6. The van der Waals surface area contributed by atoms with Gasteiger partial charge in [0.05, 0.1) is 5.69 Å². The van der Waals surface area contributed by atoms with Gasteiger partial charge in [-0.2, -0.15) is 0 Å². The highest BCUT2D eigenvalue weighted by molar-refractivity contribution is 6.14. The molecule has 0 fully saturated rings. The van der Waals surface area contributed by atoms with Crippen LogP contribution in [0, 0.1) is 0 Å². The molecule has 12 aromatic rings. The molecule has 312 valence electrons. The number of anilines is 3. The number of hydrogen-bond acceptors (Lipinski definition) is 2. The van der Waals surface area contributed by atoms with Crippen LogP contribution in [0.15, 0.2) is 248 Å². The first-order valence-electron chi connectivity index (χ1n) is 22.8. The molecule has 2 heteroatoms. The van der Waals surface area contributed by atoms with Crippen LogP contribution in [0.3, 0.4) is 0 Å². The molecule has 0 bridgehead atoms. The second kappa shape index (κ2) is 16.6. The van der Waals surface area contributed by atoms with Gasteiger partial charge in [-0.3, -0.25) is 0 Å². The quantitative estimate of drug-likeness (QED) is 0.128. The monoisotopic (exact) mass is 843 g/mol. The molecule has 0 radical (unpaired) electrons. The minimum absolute atomic E-state index is 0.885. The van der Waals surface area contributed by atoms with Crippen molar-refractivity contribution in [2.24, 2.45) is 0 Å². The van der Waals surface area contributed by atoms with Crippen molar-refractivity contribution in [2.75, 3.05) is 4.90 Å². The Morgan fingerprint density at radius 2 is 0.924 bits per heavy atom. The Hall–Kier alpha value is -8.46. The fourth-order valence-electron chi connectivity index (χ4n) is 9.88. The Morgan fingerprint density at radius 1 is 0.379 bits per heavy atom. The second-order valence-electron chi connectivity index (χ2n) is 17.3. The normalized spacial score (nSPS) is 11.5. The molecule has 11 aromatic carbocycles. The van der Waals surface area contributed by atoms with Crippen LogP contribution in [0.2, 0.25) is 0 Å². The summed E-state index contributed by atoms with van der Waals surface area (Å²) in [7, 11) is 0. The molecule has 1 aromatic heterocycles. The smallest absolute Gasteiger partial charge is 0.143 e. The van der Waals surface area contributed by atoms with E-state index in [4.69, 9.17) is 4.42 Å². The van der Waals surface area contributed by atoms with Gasteiger partial charge in [-0.05, 0) is 145 Å². The first-order valence-corrected chi connectivity index (χ1v) is 22.8. The number of hydrogen-bond donors (Lipinski definition) is 0. The highest BCUT2D eigenvalue weighted by Crippen LogP contribution is 2.45. The zero-order valence-corrected chi connectivity index (χ0v) is 36.5. The summed E-state index contributed by atoms with van der Waals surface area (Å²) in [6.45, 7) is 4.03. The maximum Gasteiger partial charge on any atom is 0.143 e. The van der Waals surface area contributed by atoms with E-state index in [9.17, 15) is 0 Å². The largest absolute Gasteiger partial charge is 0.455 e. The van der Waals surface area contributed by atoms with Crippen LogP contribution >= 0.6 is 0 Å². The van der Waals surface area contributed by atoms with Crippen molar-refractivity contribution < 1.29 is 4.42 Å². The average Bonchev–Trinajstić information content (AvgIpc) is 3.75. The molecule has 0 spiro atoms. The summed E-state index contributed by atoms with van der Waals surface area (Å²) in [5.74, 6) is 0. The molecule has 0 aliphatic heterocycles.